The average molecular weight is 272 g/mol. The predicted octanol–water partition coefficient (Wildman–Crippen LogP) is 3.00. The van der Waals surface area contributed by atoms with Crippen molar-refractivity contribution < 1.29 is 23.1 Å². The number of carboxylic acids is 1. The molecule has 2 aromatic rings. The molecular weight excluding hydrogens is 261 g/mol. The SMILES string of the molecule is Cc1nc2c(C(=O)O)cccc2n1CCC(F)(F)F. The zero-order chi connectivity index (χ0) is 14.2. The monoisotopic (exact) mass is 272 g/mol. The molecule has 4 nitrogen and oxygen atoms in total. The lowest BCUT2D eigenvalue weighted by atomic mass is 10.2. The maximum absolute atomic E-state index is 12.3. The Balaban J connectivity index is 2.48. The van der Waals surface area contributed by atoms with Crippen LogP contribution in [0, 0.1) is 6.92 Å². The number of carboxylic acid groups (broad SMARTS) is 1. The van der Waals surface area contributed by atoms with E-state index in [-0.39, 0.29) is 17.6 Å². The topological polar surface area (TPSA) is 55.1 Å². The van der Waals surface area contributed by atoms with Crippen LogP contribution in [0.3, 0.4) is 0 Å². The number of fused-ring (bicyclic) bond motifs is 1. The molecule has 1 N–H and O–H groups in total. The number of aromatic carboxylic acids is 1. The summed E-state index contributed by atoms with van der Waals surface area (Å²) in [5.74, 6) is -0.779. The first-order valence-electron chi connectivity index (χ1n) is 5.55. The van der Waals surface area contributed by atoms with Crippen LogP contribution >= 0.6 is 0 Å². The Morgan fingerprint density at radius 1 is 1.42 bits per heavy atom. The molecule has 0 radical (unpaired) electrons. The molecule has 0 aliphatic heterocycles. The van der Waals surface area contributed by atoms with Crippen molar-refractivity contribution in [2.75, 3.05) is 0 Å². The lowest BCUT2D eigenvalue weighted by Crippen LogP contribution is -2.13. The molecule has 0 spiro atoms. The fourth-order valence-corrected chi connectivity index (χ4v) is 1.96. The van der Waals surface area contributed by atoms with E-state index in [2.05, 4.69) is 4.98 Å². The predicted molar refractivity (Wildman–Crippen MR) is 62.1 cm³/mol. The smallest absolute Gasteiger partial charge is 0.390 e. The summed E-state index contributed by atoms with van der Waals surface area (Å²) in [7, 11) is 0. The molecule has 0 amide bonds. The molecule has 1 heterocycles. The van der Waals surface area contributed by atoms with Gasteiger partial charge in [-0.15, -0.1) is 0 Å². The summed E-state index contributed by atoms with van der Waals surface area (Å²) in [5, 5.41) is 9.01. The highest BCUT2D eigenvalue weighted by Gasteiger charge is 2.27. The van der Waals surface area contributed by atoms with E-state index in [4.69, 9.17) is 5.11 Å². The van der Waals surface area contributed by atoms with Gasteiger partial charge in [0.15, 0.2) is 0 Å². The molecule has 7 heteroatoms. The normalized spacial score (nSPS) is 12.0. The van der Waals surface area contributed by atoms with Crippen LogP contribution in [0.2, 0.25) is 0 Å². The number of carbonyl (C=O) groups is 1. The van der Waals surface area contributed by atoms with E-state index in [0.29, 0.717) is 11.3 Å². The molecule has 0 fully saturated rings. The summed E-state index contributed by atoms with van der Waals surface area (Å²) >= 11 is 0. The fraction of sp³-hybridized carbons (Fsp3) is 0.333. The zero-order valence-corrected chi connectivity index (χ0v) is 10.0. The number of alkyl halides is 3. The fourth-order valence-electron chi connectivity index (χ4n) is 1.96. The van der Waals surface area contributed by atoms with Gasteiger partial charge in [0.25, 0.3) is 0 Å². The van der Waals surface area contributed by atoms with Crippen molar-refractivity contribution in [1.29, 1.82) is 0 Å². The van der Waals surface area contributed by atoms with Crippen molar-refractivity contribution in [3.63, 3.8) is 0 Å². The van der Waals surface area contributed by atoms with Gasteiger partial charge in [0.1, 0.15) is 11.3 Å². The van der Waals surface area contributed by atoms with E-state index < -0.39 is 18.6 Å². The largest absolute Gasteiger partial charge is 0.478 e. The Hall–Kier alpha value is -2.05. The van der Waals surface area contributed by atoms with Crippen LogP contribution in [0.5, 0.6) is 0 Å². The molecule has 0 bridgehead atoms. The third-order valence-corrected chi connectivity index (χ3v) is 2.82. The average Bonchev–Trinajstić information content (AvgIpc) is 2.60. The molecular formula is C12H11F3N2O2. The number of para-hydroxylation sites is 1. The molecule has 0 saturated carbocycles. The second kappa shape index (κ2) is 4.56. The molecule has 19 heavy (non-hydrogen) atoms. The van der Waals surface area contributed by atoms with Crippen molar-refractivity contribution in [3.05, 3.63) is 29.6 Å². The summed E-state index contributed by atoms with van der Waals surface area (Å²) in [6.45, 7) is 1.29. The number of nitrogens with zero attached hydrogens (tertiary/aromatic N) is 2. The van der Waals surface area contributed by atoms with Gasteiger partial charge in [-0.2, -0.15) is 13.2 Å². The quantitative estimate of drug-likeness (QED) is 0.934. The molecule has 1 aromatic carbocycles. The molecule has 0 saturated heterocycles. The summed E-state index contributed by atoms with van der Waals surface area (Å²) in [5.41, 5.74) is 0.614. The maximum atomic E-state index is 12.3. The Labute approximate surface area is 106 Å². The van der Waals surface area contributed by atoms with Crippen LogP contribution in [0.15, 0.2) is 18.2 Å². The van der Waals surface area contributed by atoms with Crippen LogP contribution in [-0.4, -0.2) is 26.8 Å². The number of imidazole rings is 1. The van der Waals surface area contributed by atoms with E-state index in [1.807, 2.05) is 0 Å². The first kappa shape index (κ1) is 13.4. The van der Waals surface area contributed by atoms with Crippen molar-refractivity contribution in [1.82, 2.24) is 9.55 Å². The Morgan fingerprint density at radius 3 is 2.68 bits per heavy atom. The second-order valence-electron chi connectivity index (χ2n) is 4.15. The van der Waals surface area contributed by atoms with Crippen molar-refractivity contribution >= 4 is 17.0 Å². The highest BCUT2D eigenvalue weighted by Crippen LogP contribution is 2.24. The van der Waals surface area contributed by atoms with Crippen LogP contribution in [0.25, 0.3) is 11.0 Å². The number of halogens is 3. The molecule has 0 atom stereocenters. The van der Waals surface area contributed by atoms with Crippen LogP contribution in [-0.2, 0) is 6.54 Å². The molecule has 102 valence electrons. The van der Waals surface area contributed by atoms with Gasteiger partial charge in [0.05, 0.1) is 17.5 Å². The van der Waals surface area contributed by atoms with E-state index in [1.165, 1.54) is 16.7 Å². The summed E-state index contributed by atoms with van der Waals surface area (Å²) in [4.78, 5) is 15.1. The molecule has 0 aliphatic carbocycles. The maximum Gasteiger partial charge on any atom is 0.390 e. The van der Waals surface area contributed by atoms with Crippen LogP contribution < -0.4 is 0 Å². The van der Waals surface area contributed by atoms with Gasteiger partial charge >= 0.3 is 12.1 Å². The highest BCUT2D eigenvalue weighted by molar-refractivity contribution is 6.01. The zero-order valence-electron chi connectivity index (χ0n) is 10.0. The number of benzene rings is 1. The molecule has 1 aromatic heterocycles. The standard InChI is InChI=1S/C12H11F3N2O2/c1-7-16-10-8(11(18)19)3-2-4-9(10)17(7)6-5-12(13,14)15/h2-4H,5-6H2,1H3,(H,18,19). The molecule has 0 unspecified atom stereocenters. The number of aromatic nitrogens is 2. The molecule has 0 aliphatic rings. The summed E-state index contributed by atoms with van der Waals surface area (Å²) < 4.78 is 38.2. The van der Waals surface area contributed by atoms with Crippen molar-refractivity contribution in [3.8, 4) is 0 Å². The van der Waals surface area contributed by atoms with E-state index in [0.717, 1.165) is 0 Å². The summed E-state index contributed by atoms with van der Waals surface area (Å²) in [6.07, 6.45) is -5.23. The van der Waals surface area contributed by atoms with Crippen molar-refractivity contribution in [2.45, 2.75) is 26.1 Å². The Morgan fingerprint density at radius 2 is 2.11 bits per heavy atom. The third kappa shape index (κ3) is 2.69. The van der Waals surface area contributed by atoms with Gasteiger partial charge in [-0.1, -0.05) is 6.07 Å². The number of rotatable bonds is 3. The van der Waals surface area contributed by atoms with E-state index >= 15 is 0 Å². The first-order valence-corrected chi connectivity index (χ1v) is 5.55. The summed E-state index contributed by atoms with van der Waals surface area (Å²) in [6, 6.07) is 4.44. The minimum atomic E-state index is -4.26. The van der Waals surface area contributed by atoms with E-state index in [9.17, 15) is 18.0 Å². The van der Waals surface area contributed by atoms with Crippen LogP contribution in [0.4, 0.5) is 13.2 Å². The van der Waals surface area contributed by atoms with Gasteiger partial charge in [-0.05, 0) is 19.1 Å². The second-order valence-corrected chi connectivity index (χ2v) is 4.15. The number of hydrogen-bond donors (Lipinski definition) is 1. The van der Waals surface area contributed by atoms with Gasteiger partial charge in [0, 0.05) is 6.54 Å². The minimum Gasteiger partial charge on any atom is -0.478 e. The van der Waals surface area contributed by atoms with Crippen LogP contribution in [0.1, 0.15) is 22.6 Å². The third-order valence-electron chi connectivity index (χ3n) is 2.82. The lowest BCUT2D eigenvalue weighted by Gasteiger charge is -2.09. The van der Waals surface area contributed by atoms with Crippen molar-refractivity contribution in [2.24, 2.45) is 0 Å². The number of hydrogen-bond acceptors (Lipinski definition) is 2. The van der Waals surface area contributed by atoms with Gasteiger partial charge in [-0.3, -0.25) is 0 Å². The van der Waals surface area contributed by atoms with Gasteiger partial charge < -0.3 is 9.67 Å². The molecule has 2 rings (SSSR count). The Bertz CT molecular complexity index is 632. The van der Waals surface area contributed by atoms with Gasteiger partial charge in [-0.25, -0.2) is 9.78 Å². The minimum absolute atomic E-state index is 0.00800. The van der Waals surface area contributed by atoms with Gasteiger partial charge in [0.2, 0.25) is 0 Å². The first-order chi connectivity index (χ1) is 8.79. The lowest BCUT2D eigenvalue weighted by molar-refractivity contribution is -0.136. The Kier molecular flexibility index (Phi) is 3.21. The number of aryl methyl sites for hydroxylation is 2. The van der Waals surface area contributed by atoms with E-state index in [1.54, 1.807) is 13.0 Å². The highest BCUT2D eigenvalue weighted by atomic mass is 19.4.